The second-order valence-electron chi connectivity index (χ2n) is 4.48. The maximum absolute atomic E-state index is 13.3. The molecule has 0 bridgehead atoms. The Morgan fingerprint density at radius 2 is 1.95 bits per heavy atom. The van der Waals surface area contributed by atoms with E-state index in [4.69, 9.17) is 4.74 Å². The molecule has 3 heteroatoms. The number of benzene rings is 2. The van der Waals surface area contributed by atoms with Crippen LogP contribution < -0.4 is 4.74 Å². The van der Waals surface area contributed by atoms with E-state index in [9.17, 15) is 4.39 Å². The maximum atomic E-state index is 13.3. The molecule has 2 aromatic carbocycles. The fraction of sp³-hybridized carbons (Fsp3) is 0.250. The lowest BCUT2D eigenvalue weighted by Crippen LogP contribution is -2.00. The molecule has 2 aromatic rings. The Balaban J connectivity index is 2.25. The number of alkyl halides is 1. The summed E-state index contributed by atoms with van der Waals surface area (Å²) in [7, 11) is 1.66. The molecule has 0 amide bonds. The topological polar surface area (TPSA) is 9.23 Å². The normalized spacial score (nSPS) is 12.2. The first-order chi connectivity index (χ1) is 9.11. The zero-order valence-corrected chi connectivity index (χ0v) is 12.6. The Labute approximate surface area is 121 Å². The van der Waals surface area contributed by atoms with Crippen LogP contribution in [0.15, 0.2) is 42.5 Å². The molecule has 0 saturated heterocycles. The highest BCUT2D eigenvalue weighted by molar-refractivity contribution is 9.09. The van der Waals surface area contributed by atoms with Gasteiger partial charge in [0.15, 0.2) is 0 Å². The molecule has 1 nitrogen and oxygen atoms in total. The summed E-state index contributed by atoms with van der Waals surface area (Å²) in [6.07, 6.45) is 0.758. The largest absolute Gasteiger partial charge is 0.496 e. The van der Waals surface area contributed by atoms with E-state index in [2.05, 4.69) is 15.9 Å². The molecule has 0 heterocycles. The Morgan fingerprint density at radius 1 is 1.21 bits per heavy atom. The van der Waals surface area contributed by atoms with Gasteiger partial charge in [-0.25, -0.2) is 4.39 Å². The van der Waals surface area contributed by atoms with E-state index in [1.54, 1.807) is 19.2 Å². The highest BCUT2D eigenvalue weighted by Gasteiger charge is 2.14. The smallest absolute Gasteiger partial charge is 0.123 e. The highest BCUT2D eigenvalue weighted by atomic mass is 79.9. The van der Waals surface area contributed by atoms with E-state index in [1.165, 1.54) is 6.07 Å². The predicted molar refractivity (Wildman–Crippen MR) is 79.5 cm³/mol. The Hall–Kier alpha value is -1.35. The average Bonchev–Trinajstić information content (AvgIpc) is 2.42. The van der Waals surface area contributed by atoms with Crippen molar-refractivity contribution in [3.63, 3.8) is 0 Å². The van der Waals surface area contributed by atoms with Crippen molar-refractivity contribution in [1.29, 1.82) is 0 Å². The fourth-order valence-corrected chi connectivity index (χ4v) is 2.97. The summed E-state index contributed by atoms with van der Waals surface area (Å²) in [5.74, 6) is 0.658. The van der Waals surface area contributed by atoms with Gasteiger partial charge in [-0.2, -0.15) is 0 Å². The third-order valence-corrected chi connectivity index (χ3v) is 3.99. The lowest BCUT2D eigenvalue weighted by Gasteiger charge is -2.15. The van der Waals surface area contributed by atoms with Crippen LogP contribution in [0.3, 0.4) is 0 Å². The first-order valence-corrected chi connectivity index (χ1v) is 7.05. The van der Waals surface area contributed by atoms with E-state index < -0.39 is 0 Å². The monoisotopic (exact) mass is 322 g/mol. The van der Waals surface area contributed by atoms with Gasteiger partial charge in [0.05, 0.1) is 7.11 Å². The highest BCUT2D eigenvalue weighted by Crippen LogP contribution is 2.32. The maximum Gasteiger partial charge on any atom is 0.123 e. The van der Waals surface area contributed by atoms with E-state index >= 15 is 0 Å². The number of para-hydroxylation sites is 1. The van der Waals surface area contributed by atoms with E-state index in [0.717, 1.165) is 28.9 Å². The van der Waals surface area contributed by atoms with Crippen molar-refractivity contribution < 1.29 is 9.13 Å². The molecule has 0 saturated carbocycles. The van der Waals surface area contributed by atoms with Crippen molar-refractivity contribution >= 4 is 15.9 Å². The molecule has 0 aliphatic carbocycles. The van der Waals surface area contributed by atoms with Crippen LogP contribution >= 0.6 is 15.9 Å². The quantitative estimate of drug-likeness (QED) is 0.733. The number of methoxy groups -OCH3 is 1. The van der Waals surface area contributed by atoms with Gasteiger partial charge in [-0.05, 0) is 48.2 Å². The summed E-state index contributed by atoms with van der Waals surface area (Å²) in [4.78, 5) is 0.0690. The van der Waals surface area contributed by atoms with Gasteiger partial charge in [0.1, 0.15) is 11.6 Å². The zero-order valence-electron chi connectivity index (χ0n) is 11.0. The molecule has 0 aliphatic rings. The standard InChI is InChI=1S/C16H16BrFO/c1-11-7-8-13(18)10-14(11)15(17)9-12-5-3-4-6-16(12)19-2/h3-8,10,15H,9H2,1-2H3. The molecule has 100 valence electrons. The van der Waals surface area contributed by atoms with E-state index in [0.29, 0.717) is 0 Å². The number of hydrogen-bond donors (Lipinski definition) is 0. The van der Waals surface area contributed by atoms with Gasteiger partial charge < -0.3 is 4.74 Å². The third-order valence-electron chi connectivity index (χ3n) is 3.17. The van der Waals surface area contributed by atoms with Gasteiger partial charge in [0, 0.05) is 4.83 Å². The summed E-state index contributed by atoms with van der Waals surface area (Å²) in [6, 6.07) is 12.8. The first kappa shape index (κ1) is 14.1. The van der Waals surface area contributed by atoms with Crippen molar-refractivity contribution in [2.45, 2.75) is 18.2 Å². The lowest BCUT2D eigenvalue weighted by atomic mass is 10.00. The van der Waals surface area contributed by atoms with Gasteiger partial charge in [-0.15, -0.1) is 0 Å². The molecule has 2 rings (SSSR count). The van der Waals surface area contributed by atoms with Gasteiger partial charge in [0.25, 0.3) is 0 Å². The molecule has 0 N–H and O–H groups in total. The molecule has 19 heavy (non-hydrogen) atoms. The van der Waals surface area contributed by atoms with Gasteiger partial charge in [0.2, 0.25) is 0 Å². The average molecular weight is 323 g/mol. The molecule has 0 radical (unpaired) electrons. The molecule has 0 aliphatic heterocycles. The van der Waals surface area contributed by atoms with Crippen LogP contribution in [0.2, 0.25) is 0 Å². The summed E-state index contributed by atoms with van der Waals surface area (Å²) in [5, 5.41) is 0. The van der Waals surface area contributed by atoms with Crippen molar-refractivity contribution in [1.82, 2.24) is 0 Å². The number of hydrogen-bond acceptors (Lipinski definition) is 1. The lowest BCUT2D eigenvalue weighted by molar-refractivity contribution is 0.409. The van der Waals surface area contributed by atoms with Crippen LogP contribution in [-0.2, 0) is 6.42 Å². The summed E-state index contributed by atoms with van der Waals surface area (Å²) < 4.78 is 18.7. The predicted octanol–water partition coefficient (Wildman–Crippen LogP) is 4.82. The van der Waals surface area contributed by atoms with Gasteiger partial charge in [-0.1, -0.05) is 40.2 Å². The van der Waals surface area contributed by atoms with E-state index in [1.807, 2.05) is 31.2 Å². The van der Waals surface area contributed by atoms with Crippen LogP contribution in [0.1, 0.15) is 21.5 Å². The fourth-order valence-electron chi connectivity index (χ4n) is 2.12. The Bertz CT molecular complexity index is 568. The van der Waals surface area contributed by atoms with Crippen LogP contribution in [0, 0.1) is 12.7 Å². The summed E-state index contributed by atoms with van der Waals surface area (Å²) >= 11 is 3.65. The van der Waals surface area contributed by atoms with Crippen molar-refractivity contribution in [2.75, 3.05) is 7.11 Å². The minimum Gasteiger partial charge on any atom is -0.496 e. The van der Waals surface area contributed by atoms with Crippen molar-refractivity contribution in [3.8, 4) is 5.75 Å². The SMILES string of the molecule is COc1ccccc1CC(Br)c1cc(F)ccc1C. The summed E-state index contributed by atoms with van der Waals surface area (Å²) in [6.45, 7) is 1.99. The van der Waals surface area contributed by atoms with Crippen LogP contribution in [0.4, 0.5) is 4.39 Å². The zero-order chi connectivity index (χ0) is 13.8. The van der Waals surface area contributed by atoms with E-state index in [-0.39, 0.29) is 10.6 Å². The molecule has 1 unspecified atom stereocenters. The first-order valence-electron chi connectivity index (χ1n) is 6.14. The number of aryl methyl sites for hydroxylation is 1. The Morgan fingerprint density at radius 3 is 2.68 bits per heavy atom. The number of rotatable bonds is 4. The van der Waals surface area contributed by atoms with Crippen LogP contribution in [-0.4, -0.2) is 7.11 Å². The van der Waals surface area contributed by atoms with Crippen molar-refractivity contribution in [2.24, 2.45) is 0 Å². The molecule has 0 fully saturated rings. The second kappa shape index (κ2) is 6.20. The summed E-state index contributed by atoms with van der Waals surface area (Å²) in [5.41, 5.74) is 3.17. The number of halogens is 2. The second-order valence-corrected chi connectivity index (χ2v) is 5.59. The minimum atomic E-state index is -0.204. The Kier molecular flexibility index (Phi) is 4.59. The molecule has 1 atom stereocenters. The van der Waals surface area contributed by atoms with Gasteiger partial charge >= 0.3 is 0 Å². The number of ether oxygens (including phenoxy) is 1. The minimum absolute atomic E-state index is 0.0690. The molecule has 0 spiro atoms. The van der Waals surface area contributed by atoms with Crippen LogP contribution in [0.5, 0.6) is 5.75 Å². The molecular formula is C16H16BrFO. The van der Waals surface area contributed by atoms with Gasteiger partial charge in [-0.3, -0.25) is 0 Å². The molecular weight excluding hydrogens is 307 g/mol. The third kappa shape index (κ3) is 3.35. The van der Waals surface area contributed by atoms with Crippen molar-refractivity contribution in [3.05, 3.63) is 65.0 Å². The van der Waals surface area contributed by atoms with Crippen LogP contribution in [0.25, 0.3) is 0 Å². The molecule has 0 aromatic heterocycles.